The monoisotopic (exact) mass is 621 g/mol. The van der Waals surface area contributed by atoms with Gasteiger partial charge in [0.1, 0.15) is 20.3 Å². The average Bonchev–Trinajstić information content (AvgIpc) is 2.90. The fourth-order valence-electron chi connectivity index (χ4n) is 3.88. The number of rotatable bonds is 7. The topological polar surface area (TPSA) is 121 Å². The molecule has 0 fully saturated rings. The van der Waals surface area contributed by atoms with Crippen molar-refractivity contribution in [2.45, 2.75) is 11.8 Å². The van der Waals surface area contributed by atoms with Gasteiger partial charge in [-0.2, -0.15) is 0 Å². The van der Waals surface area contributed by atoms with Crippen molar-refractivity contribution in [3.8, 4) is 0 Å². The molecule has 4 rings (SSSR count). The summed E-state index contributed by atoms with van der Waals surface area (Å²) in [5.74, 6) is -0.169. The van der Waals surface area contributed by atoms with Crippen molar-refractivity contribution in [3.63, 3.8) is 0 Å². The Balaban J connectivity index is 0.000000771. The van der Waals surface area contributed by atoms with Gasteiger partial charge in [-0.05, 0) is 60.7 Å². The summed E-state index contributed by atoms with van der Waals surface area (Å²) in [5.41, 5.74) is 0.713. The molecule has 0 spiro atoms. The highest BCUT2D eigenvalue weighted by Gasteiger charge is 2.52. The average molecular weight is 623 g/mol. The molecule has 0 unspecified atom stereocenters. The van der Waals surface area contributed by atoms with E-state index in [4.69, 9.17) is 41.8 Å². The molecule has 0 bridgehead atoms. The molecular formula is C28H23Cl3NO5PS. The van der Waals surface area contributed by atoms with E-state index < -0.39 is 17.5 Å². The third-order valence-corrected chi connectivity index (χ3v) is 11.3. The minimum Gasteiger partial charge on any atom is -0.295 e. The van der Waals surface area contributed by atoms with Crippen molar-refractivity contribution >= 4 is 64.0 Å². The summed E-state index contributed by atoms with van der Waals surface area (Å²) < 4.78 is 34.5. The van der Waals surface area contributed by atoms with Crippen LogP contribution in [0.2, 0.25) is 5.02 Å². The minimum atomic E-state index is -4.94. The Morgan fingerprint density at radius 1 is 0.718 bits per heavy atom. The molecule has 0 aromatic heterocycles. The molecule has 0 radical (unpaired) electrons. The summed E-state index contributed by atoms with van der Waals surface area (Å²) in [5, 5.41) is 7.13. The second-order valence-electron chi connectivity index (χ2n) is 7.91. The van der Waals surface area contributed by atoms with Gasteiger partial charge in [0.25, 0.3) is 0 Å². The van der Waals surface area contributed by atoms with Gasteiger partial charge in [0.15, 0.2) is 7.26 Å². The van der Waals surface area contributed by atoms with E-state index >= 15 is 0 Å². The van der Waals surface area contributed by atoms with Crippen LogP contribution >= 0.6 is 42.2 Å². The van der Waals surface area contributed by atoms with Crippen LogP contribution in [0.5, 0.6) is 0 Å². The fourth-order valence-corrected chi connectivity index (χ4v) is 9.99. The van der Waals surface area contributed by atoms with E-state index in [2.05, 4.69) is 41.7 Å². The number of nitrogens with one attached hydrogen (secondary N) is 1. The molecule has 1 amide bonds. The number of amides is 1. The number of carbonyl (C=O) groups is 1. The summed E-state index contributed by atoms with van der Waals surface area (Å²) in [6.07, 6.45) is 0. The lowest BCUT2D eigenvalue weighted by Gasteiger charge is -2.29. The summed E-state index contributed by atoms with van der Waals surface area (Å²) in [6.45, 7) is 1.52. The molecular weight excluding hydrogens is 600 g/mol. The molecule has 0 aliphatic carbocycles. The van der Waals surface area contributed by atoms with Gasteiger partial charge in [0.2, 0.25) is 11.3 Å². The third-order valence-electron chi connectivity index (χ3n) is 5.27. The Morgan fingerprint density at radius 3 is 1.41 bits per heavy atom. The molecule has 0 aliphatic rings. The molecule has 0 saturated heterocycles. The molecule has 0 aliphatic heterocycles. The first-order chi connectivity index (χ1) is 18.5. The van der Waals surface area contributed by atoms with Crippen LogP contribution in [0.4, 0.5) is 0 Å². The number of benzene rings is 4. The highest BCUT2D eigenvalue weighted by Crippen LogP contribution is 2.63. The lowest BCUT2D eigenvalue weighted by Crippen LogP contribution is -2.68. The second-order valence-corrected chi connectivity index (χ2v) is 14.1. The maximum Gasteiger partial charge on any atom is 0.223 e. The van der Waals surface area contributed by atoms with E-state index in [1.165, 1.54) is 18.7 Å². The van der Waals surface area contributed by atoms with Crippen LogP contribution in [0.15, 0.2) is 130 Å². The van der Waals surface area contributed by atoms with Crippen molar-refractivity contribution in [1.29, 1.82) is 0 Å². The van der Waals surface area contributed by atoms with Crippen molar-refractivity contribution in [3.05, 3.63) is 130 Å². The Labute approximate surface area is 244 Å². The van der Waals surface area contributed by atoms with Crippen LogP contribution in [-0.4, -0.2) is 5.91 Å². The molecule has 4 aromatic carbocycles. The normalized spacial score (nSPS) is 12.1. The van der Waals surface area contributed by atoms with Gasteiger partial charge >= 0.3 is 0 Å². The summed E-state index contributed by atoms with van der Waals surface area (Å²) >= 11 is 14.6. The maximum absolute atomic E-state index is 12.6. The number of hydrogen-bond acceptors (Lipinski definition) is 6. The number of carbonyl (C=O) groups excluding carboxylic acids is 1. The SMILES string of the molecule is CC(=O)NC(=C(Cl)Sc1ccc(Cl)cc1)[P+](c1ccccc1)(c1ccccc1)c1ccccc1.[O-][Cl+3]([O-])([O-])[O-]. The van der Waals surface area contributed by atoms with Gasteiger partial charge in [-0.25, -0.2) is 18.6 Å². The van der Waals surface area contributed by atoms with Crippen LogP contribution in [0.1, 0.15) is 6.92 Å². The predicted octanol–water partition coefficient (Wildman–Crippen LogP) is 2.17. The van der Waals surface area contributed by atoms with Crippen molar-refractivity contribution < 1.29 is 33.7 Å². The molecule has 202 valence electrons. The van der Waals surface area contributed by atoms with Crippen LogP contribution in [0.3, 0.4) is 0 Å². The van der Waals surface area contributed by atoms with Gasteiger partial charge in [0, 0.05) is 16.8 Å². The molecule has 39 heavy (non-hydrogen) atoms. The van der Waals surface area contributed by atoms with Crippen molar-refractivity contribution in [1.82, 2.24) is 5.32 Å². The highest BCUT2D eigenvalue weighted by atomic mass is 35.7. The van der Waals surface area contributed by atoms with Gasteiger partial charge in [0.05, 0.1) is 0 Å². The second kappa shape index (κ2) is 14.3. The van der Waals surface area contributed by atoms with Gasteiger partial charge in [-0.15, -0.1) is 10.2 Å². The highest BCUT2D eigenvalue weighted by molar-refractivity contribution is 8.06. The van der Waals surface area contributed by atoms with E-state index in [1.807, 2.05) is 78.9 Å². The fraction of sp³-hybridized carbons (Fsp3) is 0.0357. The summed E-state index contributed by atoms with van der Waals surface area (Å²) in [4.78, 5) is 13.5. The van der Waals surface area contributed by atoms with Gasteiger partial charge in [-0.3, -0.25) is 10.1 Å². The van der Waals surface area contributed by atoms with Gasteiger partial charge < -0.3 is 0 Å². The van der Waals surface area contributed by atoms with E-state index in [-0.39, 0.29) is 5.91 Å². The van der Waals surface area contributed by atoms with E-state index in [1.54, 1.807) is 0 Å². The standard InChI is InChI=1S/C28H22Cl2NOPS.ClHO4/c1-21(32)31-28(27(30)34-26-19-17-22(29)18-20-26)33(23-11-5-2-6-12-23,24-13-7-3-8-14-24)25-15-9-4-10-16-25;2-1(3,4)5/h2-20H,1H3;(H,2,3,4,5). The molecule has 6 nitrogen and oxygen atoms in total. The van der Waals surface area contributed by atoms with E-state index in [0.717, 1.165) is 20.8 Å². The third kappa shape index (κ3) is 8.78. The van der Waals surface area contributed by atoms with Crippen LogP contribution in [0, 0.1) is 10.2 Å². The summed E-state index contributed by atoms with van der Waals surface area (Å²) in [7, 11) is -7.50. The van der Waals surface area contributed by atoms with Crippen LogP contribution in [-0.2, 0) is 4.79 Å². The minimum absolute atomic E-state index is 0.169. The first-order valence-electron chi connectivity index (χ1n) is 11.3. The zero-order chi connectivity index (χ0) is 28.5. The van der Waals surface area contributed by atoms with Crippen LogP contribution in [0.25, 0.3) is 0 Å². The number of hydrogen-bond donors (Lipinski definition) is 1. The Hall–Kier alpha value is -2.42. The molecule has 11 heteroatoms. The Bertz CT molecular complexity index is 1290. The molecule has 0 saturated carbocycles. The lowest BCUT2D eigenvalue weighted by atomic mass is 10.4. The van der Waals surface area contributed by atoms with Crippen molar-refractivity contribution in [2.75, 3.05) is 0 Å². The molecule has 1 N–H and O–H groups in total. The molecule has 4 aromatic rings. The summed E-state index contributed by atoms with van der Waals surface area (Å²) in [6, 6.07) is 38.4. The Morgan fingerprint density at radius 2 is 1.08 bits per heavy atom. The largest absolute Gasteiger partial charge is 0.295 e. The smallest absolute Gasteiger partial charge is 0.223 e. The molecule has 0 atom stereocenters. The number of thioether (sulfide) groups is 1. The molecule has 0 heterocycles. The first kappa shape index (κ1) is 31.1. The van der Waals surface area contributed by atoms with E-state index in [0.29, 0.717) is 14.8 Å². The quantitative estimate of drug-likeness (QED) is 0.249. The maximum atomic E-state index is 12.6. The van der Waals surface area contributed by atoms with Crippen LogP contribution < -0.4 is 39.9 Å². The zero-order valence-corrected chi connectivity index (χ0v) is 24.5. The van der Waals surface area contributed by atoms with E-state index in [9.17, 15) is 4.79 Å². The van der Waals surface area contributed by atoms with Gasteiger partial charge in [-0.1, -0.05) is 89.6 Å². The lowest BCUT2D eigenvalue weighted by molar-refractivity contribution is -2.00. The first-order valence-corrected chi connectivity index (χ1v) is 15.9. The Kier molecular flexibility index (Phi) is 11.4. The number of halogens is 3. The zero-order valence-electron chi connectivity index (χ0n) is 20.5. The van der Waals surface area contributed by atoms with Crippen molar-refractivity contribution in [2.24, 2.45) is 0 Å². The predicted molar refractivity (Wildman–Crippen MR) is 149 cm³/mol.